The number of ether oxygens (including phenoxy) is 1. The van der Waals surface area contributed by atoms with Gasteiger partial charge in [-0.3, -0.25) is 4.79 Å². The van der Waals surface area contributed by atoms with Crippen molar-refractivity contribution in [3.8, 4) is 0 Å². The fourth-order valence-corrected chi connectivity index (χ4v) is 4.31. The van der Waals surface area contributed by atoms with Gasteiger partial charge >= 0.3 is 0 Å². The maximum absolute atomic E-state index is 12.9. The summed E-state index contributed by atoms with van der Waals surface area (Å²) in [6.07, 6.45) is 6.01. The Balaban J connectivity index is 1.85. The minimum absolute atomic E-state index is 0.0858. The Hall–Kier alpha value is -1.35. The highest BCUT2D eigenvalue weighted by Gasteiger charge is 2.44. The molecule has 2 heterocycles. The third-order valence-corrected chi connectivity index (χ3v) is 5.42. The van der Waals surface area contributed by atoms with Crippen molar-refractivity contribution in [2.24, 2.45) is 0 Å². The summed E-state index contributed by atoms with van der Waals surface area (Å²) in [6.45, 7) is 6.90. The lowest BCUT2D eigenvalue weighted by Gasteiger charge is -2.46. The zero-order valence-electron chi connectivity index (χ0n) is 14.5. The van der Waals surface area contributed by atoms with Crippen LogP contribution in [0.1, 0.15) is 57.9 Å². The van der Waals surface area contributed by atoms with Crippen LogP contribution in [0.4, 0.5) is 0 Å². The van der Waals surface area contributed by atoms with Crippen LogP contribution in [0.5, 0.6) is 0 Å². The number of hydrogen-bond donors (Lipinski definition) is 0. The molecule has 3 heteroatoms. The van der Waals surface area contributed by atoms with Gasteiger partial charge in [0.05, 0.1) is 5.60 Å². The van der Waals surface area contributed by atoms with Crippen LogP contribution in [0.3, 0.4) is 0 Å². The molecule has 0 N–H and O–H groups in total. The Kier molecular flexibility index (Phi) is 4.77. The maximum atomic E-state index is 12.9. The first-order valence-electron chi connectivity index (χ1n) is 8.98. The Bertz CT molecular complexity index is 534. The van der Waals surface area contributed by atoms with E-state index >= 15 is 0 Å². The monoisotopic (exact) mass is 315 g/mol. The van der Waals surface area contributed by atoms with E-state index in [0.717, 1.165) is 45.4 Å². The largest absolute Gasteiger partial charge is 0.376 e. The van der Waals surface area contributed by atoms with Crippen molar-refractivity contribution in [3.05, 3.63) is 35.9 Å². The second-order valence-electron chi connectivity index (χ2n) is 7.80. The summed E-state index contributed by atoms with van der Waals surface area (Å²) < 4.78 is 5.94. The van der Waals surface area contributed by atoms with E-state index in [2.05, 4.69) is 43.0 Å². The Morgan fingerprint density at radius 2 is 1.83 bits per heavy atom. The smallest absolute Gasteiger partial charge is 0.223 e. The van der Waals surface area contributed by atoms with Gasteiger partial charge in [0.25, 0.3) is 0 Å². The lowest BCUT2D eigenvalue weighted by atomic mass is 9.67. The van der Waals surface area contributed by atoms with E-state index in [-0.39, 0.29) is 11.0 Å². The highest BCUT2D eigenvalue weighted by molar-refractivity contribution is 5.78. The molecule has 0 spiro atoms. The zero-order chi connectivity index (χ0) is 16.3. The molecule has 0 radical (unpaired) electrons. The molecule has 0 unspecified atom stereocenters. The summed E-state index contributed by atoms with van der Waals surface area (Å²) >= 11 is 0. The van der Waals surface area contributed by atoms with Gasteiger partial charge in [-0.05, 0) is 51.5 Å². The van der Waals surface area contributed by atoms with Crippen LogP contribution in [0.25, 0.3) is 0 Å². The van der Waals surface area contributed by atoms with Gasteiger partial charge in [-0.15, -0.1) is 0 Å². The van der Waals surface area contributed by atoms with Crippen LogP contribution < -0.4 is 0 Å². The molecule has 2 fully saturated rings. The fourth-order valence-electron chi connectivity index (χ4n) is 4.31. The summed E-state index contributed by atoms with van der Waals surface area (Å²) in [7, 11) is 0. The predicted octanol–water partition coefficient (Wildman–Crippen LogP) is 3.92. The number of nitrogens with zero attached hydrogens (tertiary/aromatic N) is 1. The van der Waals surface area contributed by atoms with Gasteiger partial charge in [0, 0.05) is 31.5 Å². The van der Waals surface area contributed by atoms with Gasteiger partial charge in [-0.2, -0.15) is 0 Å². The average molecular weight is 315 g/mol. The maximum Gasteiger partial charge on any atom is 0.223 e. The van der Waals surface area contributed by atoms with Crippen molar-refractivity contribution in [1.29, 1.82) is 0 Å². The van der Waals surface area contributed by atoms with Gasteiger partial charge in [-0.25, -0.2) is 0 Å². The number of hydrogen-bond acceptors (Lipinski definition) is 2. The summed E-state index contributed by atoms with van der Waals surface area (Å²) in [4.78, 5) is 15.0. The standard InChI is InChI=1S/C20H29NO2/c1-19(2)16-20(11-14-23-19,17-9-5-3-6-10-17)15-18(22)21-12-7-4-8-13-21/h3,5-6,9-10H,4,7-8,11-16H2,1-2H3/t20-/m0/s1. The highest BCUT2D eigenvalue weighted by atomic mass is 16.5. The quantitative estimate of drug-likeness (QED) is 0.846. The van der Waals surface area contributed by atoms with Gasteiger partial charge in [-0.1, -0.05) is 30.3 Å². The first kappa shape index (κ1) is 16.5. The fraction of sp³-hybridized carbons (Fsp3) is 0.650. The van der Waals surface area contributed by atoms with Crippen LogP contribution >= 0.6 is 0 Å². The van der Waals surface area contributed by atoms with Crippen molar-refractivity contribution < 1.29 is 9.53 Å². The lowest BCUT2D eigenvalue weighted by molar-refractivity contribution is -0.137. The predicted molar refractivity (Wildman–Crippen MR) is 92.4 cm³/mol. The molecule has 1 amide bonds. The summed E-state index contributed by atoms with van der Waals surface area (Å²) in [5, 5.41) is 0. The molecule has 0 saturated carbocycles. The molecule has 1 atom stereocenters. The van der Waals surface area contributed by atoms with Gasteiger partial charge in [0.2, 0.25) is 5.91 Å². The number of carbonyl (C=O) groups excluding carboxylic acids is 1. The number of carbonyl (C=O) groups is 1. The van der Waals surface area contributed by atoms with Crippen molar-refractivity contribution in [2.75, 3.05) is 19.7 Å². The topological polar surface area (TPSA) is 29.5 Å². The molecule has 3 rings (SSSR count). The number of amides is 1. The number of piperidine rings is 1. The first-order chi connectivity index (χ1) is 11.0. The zero-order valence-corrected chi connectivity index (χ0v) is 14.5. The van der Waals surface area contributed by atoms with Crippen LogP contribution in [0, 0.1) is 0 Å². The van der Waals surface area contributed by atoms with Crippen LogP contribution in [-0.4, -0.2) is 36.1 Å². The number of likely N-dealkylation sites (tertiary alicyclic amines) is 1. The normalized spacial score (nSPS) is 27.7. The molecule has 0 bridgehead atoms. The second-order valence-corrected chi connectivity index (χ2v) is 7.80. The van der Waals surface area contributed by atoms with E-state index in [1.54, 1.807) is 0 Å². The van der Waals surface area contributed by atoms with E-state index in [4.69, 9.17) is 4.74 Å². The van der Waals surface area contributed by atoms with E-state index in [1.807, 2.05) is 6.07 Å². The van der Waals surface area contributed by atoms with Crippen LogP contribution in [-0.2, 0) is 14.9 Å². The molecule has 1 aromatic carbocycles. The minimum atomic E-state index is -0.170. The van der Waals surface area contributed by atoms with Crippen molar-refractivity contribution in [1.82, 2.24) is 4.90 Å². The molecule has 126 valence electrons. The second kappa shape index (κ2) is 6.64. The van der Waals surface area contributed by atoms with Gasteiger partial charge in [0.1, 0.15) is 0 Å². The molecular weight excluding hydrogens is 286 g/mol. The molecule has 23 heavy (non-hydrogen) atoms. The number of benzene rings is 1. The van der Waals surface area contributed by atoms with E-state index < -0.39 is 0 Å². The van der Waals surface area contributed by atoms with E-state index in [1.165, 1.54) is 12.0 Å². The molecule has 0 aliphatic carbocycles. The summed E-state index contributed by atoms with van der Waals surface area (Å²) in [6, 6.07) is 10.6. The highest BCUT2D eigenvalue weighted by Crippen LogP contribution is 2.44. The van der Waals surface area contributed by atoms with Crippen LogP contribution in [0.15, 0.2) is 30.3 Å². The Morgan fingerprint density at radius 1 is 1.13 bits per heavy atom. The van der Waals surface area contributed by atoms with E-state index in [9.17, 15) is 4.79 Å². The molecule has 2 saturated heterocycles. The molecule has 0 aromatic heterocycles. The van der Waals surface area contributed by atoms with E-state index in [0.29, 0.717) is 12.3 Å². The van der Waals surface area contributed by atoms with Crippen molar-refractivity contribution in [2.45, 2.75) is 63.4 Å². The molecule has 2 aliphatic rings. The molecular formula is C20H29NO2. The third kappa shape index (κ3) is 3.77. The summed E-state index contributed by atoms with van der Waals surface area (Å²) in [5.74, 6) is 0.325. The van der Waals surface area contributed by atoms with Gasteiger partial charge in [0.15, 0.2) is 0 Å². The SMILES string of the molecule is CC1(C)C[C@](CC(=O)N2CCCCC2)(c2ccccc2)CCO1. The number of rotatable bonds is 3. The van der Waals surface area contributed by atoms with Crippen molar-refractivity contribution >= 4 is 5.91 Å². The first-order valence-corrected chi connectivity index (χ1v) is 8.98. The lowest BCUT2D eigenvalue weighted by Crippen LogP contribution is -2.47. The third-order valence-electron chi connectivity index (χ3n) is 5.42. The van der Waals surface area contributed by atoms with Crippen molar-refractivity contribution in [3.63, 3.8) is 0 Å². The minimum Gasteiger partial charge on any atom is -0.376 e. The van der Waals surface area contributed by atoms with Gasteiger partial charge < -0.3 is 9.64 Å². The molecule has 3 nitrogen and oxygen atoms in total. The van der Waals surface area contributed by atoms with Crippen LogP contribution in [0.2, 0.25) is 0 Å². The molecule has 2 aliphatic heterocycles. The molecule has 1 aromatic rings. The average Bonchev–Trinajstić information content (AvgIpc) is 2.55. The summed E-state index contributed by atoms with van der Waals surface area (Å²) in [5.41, 5.74) is 1.04. The Labute approximate surface area is 140 Å². The Morgan fingerprint density at radius 3 is 2.48 bits per heavy atom.